The summed E-state index contributed by atoms with van der Waals surface area (Å²) in [5.74, 6) is 0.931. The number of aromatic nitrogens is 3. The minimum atomic E-state index is -0.358. The number of rotatable bonds is 8. The lowest BCUT2D eigenvalue weighted by molar-refractivity contribution is -0.113. The topological polar surface area (TPSA) is 69.0 Å². The Labute approximate surface area is 202 Å². The van der Waals surface area contributed by atoms with Gasteiger partial charge in [0.25, 0.3) is 0 Å². The normalized spacial score (nSPS) is 10.8. The van der Waals surface area contributed by atoms with Gasteiger partial charge in [0.05, 0.1) is 12.4 Å². The van der Waals surface area contributed by atoms with Crippen molar-refractivity contribution in [1.82, 2.24) is 14.8 Å². The Morgan fingerprint density at radius 1 is 1.06 bits per heavy atom. The van der Waals surface area contributed by atoms with Crippen LogP contribution in [0.1, 0.15) is 18.1 Å². The van der Waals surface area contributed by atoms with Crippen LogP contribution in [0.2, 0.25) is 0 Å². The van der Waals surface area contributed by atoms with Crippen molar-refractivity contribution in [2.75, 3.05) is 17.7 Å². The average Bonchev–Trinajstić information content (AvgIpc) is 3.25. The molecule has 4 rings (SSSR count). The monoisotopic (exact) mass is 476 g/mol. The quantitative estimate of drug-likeness (QED) is 0.325. The standard InChI is InChI=1S/C26H25FN4O2S/c1-4-33-22-12-10-21(11-13-22)31-25(19-7-5-6-17(2)14-19)29-30-26(31)34-16-24(32)28-20-9-8-18(3)23(27)15-20/h5-15H,4,16H2,1-3H3,(H,28,32). The third-order valence-electron chi connectivity index (χ3n) is 5.10. The zero-order valence-electron chi connectivity index (χ0n) is 19.2. The van der Waals surface area contributed by atoms with E-state index in [2.05, 4.69) is 15.5 Å². The summed E-state index contributed by atoms with van der Waals surface area (Å²) in [5.41, 5.74) is 3.83. The van der Waals surface area contributed by atoms with Crippen molar-refractivity contribution in [3.8, 4) is 22.8 Å². The lowest BCUT2D eigenvalue weighted by Crippen LogP contribution is -2.14. The molecular formula is C26H25FN4O2S. The fourth-order valence-corrected chi connectivity index (χ4v) is 4.18. The molecule has 0 atom stereocenters. The predicted molar refractivity (Wildman–Crippen MR) is 133 cm³/mol. The van der Waals surface area contributed by atoms with Crippen molar-refractivity contribution in [1.29, 1.82) is 0 Å². The van der Waals surface area contributed by atoms with Gasteiger partial charge in [-0.2, -0.15) is 0 Å². The molecule has 6 nitrogen and oxygen atoms in total. The number of carbonyl (C=O) groups excluding carboxylic acids is 1. The number of halogens is 1. The number of nitrogens with one attached hydrogen (secondary N) is 1. The highest BCUT2D eigenvalue weighted by atomic mass is 32.2. The molecule has 34 heavy (non-hydrogen) atoms. The number of thioether (sulfide) groups is 1. The molecule has 0 aliphatic heterocycles. The van der Waals surface area contributed by atoms with Crippen LogP contribution in [0, 0.1) is 19.7 Å². The number of aryl methyl sites for hydroxylation is 2. The van der Waals surface area contributed by atoms with E-state index in [-0.39, 0.29) is 17.5 Å². The maximum atomic E-state index is 13.8. The molecule has 0 saturated heterocycles. The smallest absolute Gasteiger partial charge is 0.234 e. The molecular weight excluding hydrogens is 451 g/mol. The van der Waals surface area contributed by atoms with E-state index in [1.54, 1.807) is 19.1 Å². The van der Waals surface area contributed by atoms with Crippen LogP contribution in [-0.4, -0.2) is 33.0 Å². The molecule has 0 saturated carbocycles. The molecule has 0 bridgehead atoms. The van der Waals surface area contributed by atoms with Crippen LogP contribution in [0.3, 0.4) is 0 Å². The van der Waals surface area contributed by atoms with Gasteiger partial charge < -0.3 is 10.1 Å². The molecule has 1 amide bonds. The molecule has 4 aromatic rings. The van der Waals surface area contributed by atoms with Crippen LogP contribution in [0.4, 0.5) is 10.1 Å². The van der Waals surface area contributed by atoms with Gasteiger partial charge in [-0.05, 0) is 68.8 Å². The number of ether oxygens (including phenoxy) is 1. The average molecular weight is 477 g/mol. The first kappa shape index (κ1) is 23.5. The Bertz CT molecular complexity index is 1300. The molecule has 0 unspecified atom stereocenters. The van der Waals surface area contributed by atoms with Crippen LogP contribution >= 0.6 is 11.8 Å². The van der Waals surface area contributed by atoms with Crippen molar-refractivity contribution in [2.45, 2.75) is 25.9 Å². The fourth-order valence-electron chi connectivity index (χ4n) is 3.42. The Morgan fingerprint density at radius 2 is 1.85 bits per heavy atom. The van der Waals surface area contributed by atoms with E-state index in [1.165, 1.54) is 17.8 Å². The Morgan fingerprint density at radius 3 is 2.56 bits per heavy atom. The van der Waals surface area contributed by atoms with Crippen molar-refractivity contribution < 1.29 is 13.9 Å². The van der Waals surface area contributed by atoms with E-state index in [0.29, 0.717) is 28.8 Å². The lowest BCUT2D eigenvalue weighted by atomic mass is 10.1. The van der Waals surface area contributed by atoms with Crippen LogP contribution in [0.25, 0.3) is 17.1 Å². The number of anilines is 1. The van der Waals surface area contributed by atoms with Gasteiger partial charge in [0, 0.05) is 16.9 Å². The lowest BCUT2D eigenvalue weighted by Gasteiger charge is -2.12. The summed E-state index contributed by atoms with van der Waals surface area (Å²) < 4.78 is 21.3. The van der Waals surface area contributed by atoms with E-state index in [0.717, 1.165) is 22.6 Å². The van der Waals surface area contributed by atoms with E-state index < -0.39 is 0 Å². The molecule has 8 heteroatoms. The number of hydrogen-bond acceptors (Lipinski definition) is 5. The van der Waals surface area contributed by atoms with E-state index >= 15 is 0 Å². The first-order chi connectivity index (χ1) is 16.4. The van der Waals surface area contributed by atoms with Crippen molar-refractivity contribution >= 4 is 23.4 Å². The van der Waals surface area contributed by atoms with Crippen LogP contribution in [0.15, 0.2) is 71.9 Å². The molecule has 0 spiro atoms. The molecule has 3 aromatic carbocycles. The van der Waals surface area contributed by atoms with Crippen molar-refractivity contribution in [3.05, 3.63) is 83.7 Å². The number of amides is 1. The van der Waals surface area contributed by atoms with Gasteiger partial charge in [-0.3, -0.25) is 9.36 Å². The highest BCUT2D eigenvalue weighted by molar-refractivity contribution is 7.99. The molecule has 1 aromatic heterocycles. The summed E-state index contributed by atoms with van der Waals surface area (Å²) in [6, 6.07) is 20.3. The molecule has 0 aliphatic carbocycles. The molecule has 0 radical (unpaired) electrons. The van der Waals surface area contributed by atoms with Crippen LogP contribution in [0.5, 0.6) is 5.75 Å². The number of nitrogens with zero attached hydrogens (tertiary/aromatic N) is 3. The minimum Gasteiger partial charge on any atom is -0.494 e. The minimum absolute atomic E-state index is 0.0957. The molecule has 1 N–H and O–H groups in total. The second kappa shape index (κ2) is 10.5. The maximum absolute atomic E-state index is 13.8. The largest absolute Gasteiger partial charge is 0.494 e. The summed E-state index contributed by atoms with van der Waals surface area (Å²) in [6.45, 7) is 6.22. The molecule has 174 valence electrons. The second-order valence-electron chi connectivity index (χ2n) is 7.74. The summed E-state index contributed by atoms with van der Waals surface area (Å²) in [5, 5.41) is 12.1. The van der Waals surface area contributed by atoms with Crippen molar-refractivity contribution in [2.24, 2.45) is 0 Å². The van der Waals surface area contributed by atoms with Gasteiger partial charge in [-0.1, -0.05) is 41.6 Å². The first-order valence-electron chi connectivity index (χ1n) is 10.9. The highest BCUT2D eigenvalue weighted by Gasteiger charge is 2.18. The van der Waals surface area contributed by atoms with Gasteiger partial charge >= 0.3 is 0 Å². The van der Waals surface area contributed by atoms with Crippen molar-refractivity contribution in [3.63, 3.8) is 0 Å². The predicted octanol–water partition coefficient (Wildman–Crippen LogP) is 5.82. The second-order valence-corrected chi connectivity index (χ2v) is 8.68. The Hall–Kier alpha value is -3.65. The third-order valence-corrected chi connectivity index (χ3v) is 6.03. The number of benzene rings is 3. The SMILES string of the molecule is CCOc1ccc(-n2c(SCC(=O)Nc3ccc(C)c(F)c3)nnc2-c2cccc(C)c2)cc1. The summed E-state index contributed by atoms with van der Waals surface area (Å²) in [4.78, 5) is 12.5. The molecule has 1 heterocycles. The fraction of sp³-hybridized carbons (Fsp3) is 0.192. The molecule has 0 fully saturated rings. The zero-order valence-corrected chi connectivity index (χ0v) is 20.0. The van der Waals surface area contributed by atoms with Gasteiger partial charge in [0.1, 0.15) is 11.6 Å². The van der Waals surface area contributed by atoms with Gasteiger partial charge in [0.2, 0.25) is 5.91 Å². The number of carbonyl (C=O) groups is 1. The van der Waals surface area contributed by atoms with E-state index in [1.807, 2.05) is 66.9 Å². The van der Waals surface area contributed by atoms with E-state index in [9.17, 15) is 9.18 Å². The first-order valence-corrected chi connectivity index (χ1v) is 11.9. The Kier molecular flexibility index (Phi) is 7.27. The molecule has 0 aliphatic rings. The van der Waals surface area contributed by atoms with Gasteiger partial charge in [-0.25, -0.2) is 4.39 Å². The summed E-state index contributed by atoms with van der Waals surface area (Å²) in [7, 11) is 0. The summed E-state index contributed by atoms with van der Waals surface area (Å²) in [6.07, 6.45) is 0. The zero-order chi connectivity index (χ0) is 24.1. The van der Waals surface area contributed by atoms with Gasteiger partial charge in [0.15, 0.2) is 11.0 Å². The third kappa shape index (κ3) is 5.46. The Balaban J connectivity index is 1.60. The maximum Gasteiger partial charge on any atom is 0.234 e. The highest BCUT2D eigenvalue weighted by Crippen LogP contribution is 2.29. The van der Waals surface area contributed by atoms with E-state index in [4.69, 9.17) is 4.74 Å². The van der Waals surface area contributed by atoms with Gasteiger partial charge in [-0.15, -0.1) is 10.2 Å². The number of hydrogen-bond donors (Lipinski definition) is 1. The van der Waals surface area contributed by atoms with Crippen LogP contribution < -0.4 is 10.1 Å². The van der Waals surface area contributed by atoms with Crippen LogP contribution in [-0.2, 0) is 4.79 Å². The summed E-state index contributed by atoms with van der Waals surface area (Å²) >= 11 is 1.26.